The number of rotatable bonds is 39. The van der Waals surface area contributed by atoms with E-state index in [1.54, 1.807) is 0 Å². The number of hydrogen-bond donors (Lipinski definition) is 6. The lowest BCUT2D eigenvalue weighted by Crippen LogP contribution is -2.41. The molecule has 0 aliphatic carbocycles. The van der Waals surface area contributed by atoms with Gasteiger partial charge in [0.1, 0.15) is 6.10 Å². The van der Waals surface area contributed by atoms with Crippen LogP contribution in [0.5, 0.6) is 0 Å². The topological polar surface area (TPSA) is 292 Å². The van der Waals surface area contributed by atoms with Crippen LogP contribution in [-0.4, -0.2) is 101 Å². The minimum atomic E-state index is -4.74. The van der Waals surface area contributed by atoms with Crippen LogP contribution in [0, 0.1) is 0 Å². The van der Waals surface area contributed by atoms with E-state index in [0.717, 1.165) is 32.8 Å². The van der Waals surface area contributed by atoms with Gasteiger partial charge in [0.25, 0.3) is 23.5 Å². The van der Waals surface area contributed by atoms with E-state index in [9.17, 15) is 47.6 Å². The summed E-state index contributed by atoms with van der Waals surface area (Å²) in [6, 6.07) is 0. The summed E-state index contributed by atoms with van der Waals surface area (Å²) in [4.78, 5) is 83.2. The van der Waals surface area contributed by atoms with Crippen molar-refractivity contribution in [2.45, 2.75) is 109 Å². The number of phosphoric ester groups is 3. The van der Waals surface area contributed by atoms with Crippen molar-refractivity contribution in [3.63, 3.8) is 0 Å². The molecule has 0 aliphatic rings. The molecule has 0 aromatic carbocycles. The first-order valence-electron chi connectivity index (χ1n) is 19.1. The highest BCUT2D eigenvalue weighted by Crippen LogP contribution is 2.40. The molecule has 0 saturated carbocycles. The van der Waals surface area contributed by atoms with Crippen LogP contribution in [-0.2, 0) is 60.0 Å². The Bertz CT molecular complexity index is 1200. The van der Waals surface area contributed by atoms with Crippen LogP contribution < -0.4 is 35.9 Å². The molecule has 336 valence electrons. The summed E-state index contributed by atoms with van der Waals surface area (Å²) in [5, 5.41) is 10.5. The van der Waals surface area contributed by atoms with E-state index in [0.29, 0.717) is 63.1 Å². The molecule has 0 saturated heterocycles. The van der Waals surface area contributed by atoms with Crippen molar-refractivity contribution in [2.75, 3.05) is 71.2 Å². The van der Waals surface area contributed by atoms with Crippen LogP contribution in [0.25, 0.3) is 0 Å². The van der Waals surface area contributed by atoms with Crippen molar-refractivity contribution in [3.8, 4) is 0 Å². The van der Waals surface area contributed by atoms with Gasteiger partial charge in [-0.1, -0.05) is 25.7 Å². The van der Waals surface area contributed by atoms with Gasteiger partial charge in [0, 0.05) is 59.0 Å². The second-order valence-corrected chi connectivity index (χ2v) is 17.8. The first-order chi connectivity index (χ1) is 27.0. The van der Waals surface area contributed by atoms with Crippen molar-refractivity contribution in [2.24, 2.45) is 0 Å². The second kappa shape index (κ2) is 34.6. The fourth-order valence-electron chi connectivity index (χ4n) is 4.56. The van der Waals surface area contributed by atoms with Crippen LogP contribution in [0.3, 0.4) is 0 Å². The van der Waals surface area contributed by atoms with Crippen molar-refractivity contribution >= 4 is 72.4 Å². The predicted molar refractivity (Wildman–Crippen MR) is 212 cm³/mol. The van der Waals surface area contributed by atoms with E-state index < -0.39 is 41.4 Å². The zero-order valence-corrected chi connectivity index (χ0v) is 37.2. The normalized spacial score (nSPS) is 15.1. The zero-order chi connectivity index (χ0) is 42.8. The molecule has 0 aromatic heterocycles. The fraction of sp³-hybridized carbons (Fsp3) is 0.875. The Morgan fingerprint density at radius 1 is 0.491 bits per heavy atom. The summed E-state index contributed by atoms with van der Waals surface area (Å²) < 4.78 is 64.4. The van der Waals surface area contributed by atoms with E-state index in [-0.39, 0.29) is 89.9 Å². The van der Waals surface area contributed by atoms with Crippen LogP contribution in [0.15, 0.2) is 0 Å². The smallest absolute Gasteiger partial charge is 0.267 e. The van der Waals surface area contributed by atoms with Gasteiger partial charge in [-0.2, -0.15) is 25.3 Å². The number of hydrogen-bond acceptors (Lipinski definition) is 18. The standard InChI is InChI=1S/C32H65N4O16P3S2/c1-47-53(41,42)52-28(26-35-29(37)14-6-12-22-50-54(43,44)48-20-10-4-2-8-18-33-31(39)16-24-56)27-36-30(38)15-7-13-23-51-55(45,46)49-21-11-5-3-9-19-34-32(40)17-25-57/h28,56-57H,2-27H2,1H3,(H,33,39)(H,34,40)(H,35,37)(H,36,38)(H,41,42)(H,43,44)(H,45,46)/p-3. The molecule has 0 spiro atoms. The van der Waals surface area contributed by atoms with Gasteiger partial charge in [-0.15, -0.1) is 0 Å². The predicted octanol–water partition coefficient (Wildman–Crippen LogP) is 2.06. The number of nitrogens with one attached hydrogen (secondary N) is 4. The number of amides is 4. The molecular formula is C32H62N4O16P3S2-3. The Hall–Kier alpha value is -1.09. The molecule has 20 nitrogen and oxygen atoms in total. The van der Waals surface area contributed by atoms with Gasteiger partial charge in [-0.3, -0.25) is 32.9 Å². The lowest BCUT2D eigenvalue weighted by molar-refractivity contribution is -0.227. The molecule has 57 heavy (non-hydrogen) atoms. The van der Waals surface area contributed by atoms with Crippen molar-refractivity contribution in [1.82, 2.24) is 21.3 Å². The molecule has 0 rings (SSSR count). The minimum Gasteiger partial charge on any atom is -0.756 e. The van der Waals surface area contributed by atoms with Crippen LogP contribution in [0.4, 0.5) is 0 Å². The maximum Gasteiger partial charge on any atom is 0.267 e. The average molecular weight is 916 g/mol. The minimum absolute atomic E-state index is 0.0380. The monoisotopic (exact) mass is 915 g/mol. The third-order valence-corrected chi connectivity index (χ3v) is 11.1. The maximum absolute atomic E-state index is 12.3. The number of carbonyl (C=O) groups is 4. The highest BCUT2D eigenvalue weighted by atomic mass is 32.1. The second-order valence-electron chi connectivity index (χ2n) is 12.6. The molecule has 0 radical (unpaired) electrons. The Labute approximate surface area is 347 Å². The van der Waals surface area contributed by atoms with Gasteiger partial charge in [-0.05, 0) is 62.9 Å². The molecule has 0 aromatic rings. The Balaban J connectivity index is 4.22. The molecule has 4 N–H and O–H groups in total. The van der Waals surface area contributed by atoms with Gasteiger partial charge in [-0.25, -0.2) is 0 Å². The lowest BCUT2D eigenvalue weighted by atomic mass is 10.2. The summed E-state index contributed by atoms with van der Waals surface area (Å²) in [5.41, 5.74) is 0. The zero-order valence-electron chi connectivity index (χ0n) is 32.7. The van der Waals surface area contributed by atoms with Crippen LogP contribution in [0.1, 0.15) is 103 Å². The Morgan fingerprint density at radius 2 is 0.825 bits per heavy atom. The first-order valence-corrected chi connectivity index (χ1v) is 24.7. The van der Waals surface area contributed by atoms with Gasteiger partial charge in [0.05, 0.1) is 26.4 Å². The Morgan fingerprint density at radius 3 is 1.18 bits per heavy atom. The Kier molecular flexibility index (Phi) is 33.9. The largest absolute Gasteiger partial charge is 0.756 e. The molecule has 4 amide bonds. The molecular weight excluding hydrogens is 853 g/mol. The van der Waals surface area contributed by atoms with Crippen molar-refractivity contribution < 1.29 is 74.7 Å². The van der Waals surface area contributed by atoms with Gasteiger partial charge in [0.15, 0.2) is 0 Å². The summed E-state index contributed by atoms with van der Waals surface area (Å²) in [7, 11) is -12.9. The average Bonchev–Trinajstić information content (AvgIpc) is 3.14. The van der Waals surface area contributed by atoms with E-state index in [2.05, 4.69) is 51.0 Å². The lowest BCUT2D eigenvalue weighted by Gasteiger charge is -2.27. The van der Waals surface area contributed by atoms with E-state index >= 15 is 0 Å². The number of phosphoric acid groups is 3. The van der Waals surface area contributed by atoms with Crippen molar-refractivity contribution in [1.29, 1.82) is 0 Å². The number of carbonyl (C=O) groups excluding carboxylic acids is 4. The molecule has 0 heterocycles. The molecule has 0 fully saturated rings. The summed E-state index contributed by atoms with van der Waals surface area (Å²) in [6.07, 6.45) is 5.84. The number of unbranched alkanes of at least 4 members (excludes halogenated alkanes) is 8. The molecule has 0 bridgehead atoms. The molecule has 0 aliphatic heterocycles. The number of thiol groups is 2. The highest BCUT2D eigenvalue weighted by Gasteiger charge is 2.19. The van der Waals surface area contributed by atoms with E-state index in [4.69, 9.17) is 22.6 Å². The molecule has 3 atom stereocenters. The van der Waals surface area contributed by atoms with Crippen LogP contribution >= 0.6 is 48.7 Å². The highest BCUT2D eigenvalue weighted by molar-refractivity contribution is 7.80. The fourth-order valence-corrected chi connectivity index (χ4v) is 7.12. The summed E-state index contributed by atoms with van der Waals surface area (Å²) in [6.45, 7) is -0.0194. The quantitative estimate of drug-likeness (QED) is 0.0292. The summed E-state index contributed by atoms with van der Waals surface area (Å²) >= 11 is 7.98. The van der Waals surface area contributed by atoms with Crippen molar-refractivity contribution in [3.05, 3.63) is 0 Å². The molecule has 25 heteroatoms. The van der Waals surface area contributed by atoms with Gasteiger partial charge >= 0.3 is 0 Å². The third kappa shape index (κ3) is 36.5. The van der Waals surface area contributed by atoms with E-state index in [1.807, 2.05) is 0 Å². The summed E-state index contributed by atoms with van der Waals surface area (Å²) in [5.74, 6) is -0.134. The SMILES string of the molecule is COP(=O)([O-])OC(CNC(=O)CCCCOP(=O)([O-])OCCCCCCNC(=O)CCS)CNC(=O)CCCCOP(=O)([O-])OCCCCCCNC(=O)CCS. The maximum atomic E-state index is 12.3. The van der Waals surface area contributed by atoms with E-state index in [1.165, 1.54) is 0 Å². The van der Waals surface area contributed by atoms with Gasteiger partial charge < -0.3 is 63.1 Å². The third-order valence-electron chi connectivity index (χ3n) is 7.61. The van der Waals surface area contributed by atoms with Crippen LogP contribution in [0.2, 0.25) is 0 Å². The molecule has 3 unspecified atom stereocenters. The van der Waals surface area contributed by atoms with Gasteiger partial charge in [0.2, 0.25) is 23.6 Å². The first kappa shape index (κ1) is 55.9.